The fraction of sp³-hybridized carbons (Fsp3) is 0. The summed E-state index contributed by atoms with van der Waals surface area (Å²) in [5.74, 6) is 0. The molecule has 0 N–H and O–H groups in total. The largest absolute Gasteiger partial charge is 5.00 e. The van der Waals surface area contributed by atoms with Gasteiger partial charge in [0.2, 0.25) is 0 Å². The maximum Gasteiger partial charge on any atom is 5.00 e. The van der Waals surface area contributed by atoms with Crippen molar-refractivity contribution in [1.82, 2.24) is 0 Å². The molecule has 0 rings (SSSR count). The van der Waals surface area contributed by atoms with Crippen LogP contribution < -0.4 is 41.0 Å². The summed E-state index contributed by atoms with van der Waals surface area (Å²) in [5, 5.41) is 0. The van der Waals surface area contributed by atoms with Crippen molar-refractivity contribution in [3.63, 3.8) is 0 Å². The van der Waals surface area contributed by atoms with Crippen molar-refractivity contribution in [1.29, 1.82) is 0 Å². The molecule has 0 aromatic heterocycles. The molecule has 0 aliphatic carbocycles. The first-order valence-corrected chi connectivity index (χ1v) is 7.57. The van der Waals surface area contributed by atoms with E-state index >= 15 is 0 Å². The molecule has 0 fully saturated rings. The van der Waals surface area contributed by atoms with Crippen LogP contribution in [0.3, 0.4) is 0 Å². The second kappa shape index (κ2) is 24.6. The van der Waals surface area contributed by atoms with Crippen LogP contribution in [0.2, 0.25) is 0 Å². The monoisotopic (exact) mass is 346 g/mol. The predicted octanol–water partition coefficient (Wildman–Crippen LogP) is -10.5. The zero-order valence-electron chi connectivity index (χ0n) is 6.62. The molecule has 0 unspecified atom stereocenters. The Morgan fingerprint density at radius 3 is 0.571 bits per heavy atom. The van der Waals surface area contributed by atoms with Crippen LogP contribution in [0.25, 0.3) is 0 Å². The van der Waals surface area contributed by atoms with E-state index in [9.17, 15) is 0 Å². The first-order valence-electron chi connectivity index (χ1n) is 1.84. The zero-order chi connectivity index (χ0) is 10.7. The fourth-order valence-corrected chi connectivity index (χ4v) is 0. The summed E-state index contributed by atoms with van der Waals surface area (Å²) in [4.78, 5) is 0. The average molecular weight is 345 g/mol. The van der Waals surface area contributed by atoms with E-state index in [0.29, 0.717) is 0 Å². The van der Waals surface area contributed by atoms with Gasteiger partial charge in [-0.15, -0.1) is 0 Å². The van der Waals surface area contributed by atoms with Gasteiger partial charge >= 0.3 is 125 Å². The van der Waals surface area contributed by atoms with Gasteiger partial charge < -0.3 is 0 Å². The molecule has 14 heavy (non-hydrogen) atoms. The molecule has 0 spiro atoms. The summed E-state index contributed by atoms with van der Waals surface area (Å²) in [5.41, 5.74) is 0. The molecule has 0 aliphatic rings. The third-order valence-electron chi connectivity index (χ3n) is 0. The fourth-order valence-electron chi connectivity index (χ4n) is 0. The summed E-state index contributed by atoms with van der Waals surface area (Å²) in [6.07, 6.45) is 0. The van der Waals surface area contributed by atoms with Crippen molar-refractivity contribution >= 4 is 0 Å². The molecular formula is LiO9Ti3V. The van der Waals surface area contributed by atoms with Crippen molar-refractivity contribution < 1.29 is 125 Å². The van der Waals surface area contributed by atoms with E-state index in [1.165, 1.54) is 0 Å². The normalized spacial score (nSPS) is 5.57. The van der Waals surface area contributed by atoms with Gasteiger partial charge in [0.1, 0.15) is 0 Å². The average Bonchev–Trinajstić information content (AvgIpc) is 1.54. The Hall–Kier alpha value is 2.48. The van der Waals surface area contributed by atoms with Crippen molar-refractivity contribution in [2.45, 2.75) is 0 Å². The van der Waals surface area contributed by atoms with E-state index in [-0.39, 0.29) is 37.4 Å². The molecule has 0 aliphatic heterocycles. The van der Waals surface area contributed by atoms with Gasteiger partial charge in [-0.05, 0) is 0 Å². The Kier molecular flexibility index (Phi) is 52.7. The van der Waals surface area contributed by atoms with Gasteiger partial charge in [-0.25, -0.2) is 0 Å². The summed E-state index contributed by atoms with van der Waals surface area (Å²) >= 11 is -12.2. The number of rotatable bonds is 0. The third-order valence-corrected chi connectivity index (χ3v) is 0. The van der Waals surface area contributed by atoms with Crippen molar-refractivity contribution in [2.24, 2.45) is 0 Å². The molecule has 0 saturated carbocycles. The van der Waals surface area contributed by atoms with Crippen LogP contribution in [0.4, 0.5) is 0 Å². The summed E-state index contributed by atoms with van der Waals surface area (Å²) < 4.78 is 77.2. The van der Waals surface area contributed by atoms with E-state index in [2.05, 4.69) is 0 Å². The molecule has 0 atom stereocenters. The molecular weight excluding hydrogens is 345 g/mol. The quantitative estimate of drug-likeness (QED) is 0.383. The van der Waals surface area contributed by atoms with Gasteiger partial charge in [-0.3, -0.25) is 0 Å². The zero-order valence-corrected chi connectivity index (χ0v) is 12.7. The number of hydrogen-bond donors (Lipinski definition) is 0. The van der Waals surface area contributed by atoms with Crippen molar-refractivity contribution in [3.8, 4) is 0 Å². The maximum atomic E-state index is 8.58. The van der Waals surface area contributed by atoms with Crippen LogP contribution in [0.1, 0.15) is 0 Å². The van der Waals surface area contributed by atoms with Gasteiger partial charge in [-0.1, -0.05) is 0 Å². The van der Waals surface area contributed by atoms with E-state index in [1.54, 1.807) is 0 Å². The van der Waals surface area contributed by atoms with Crippen LogP contribution >= 0.6 is 0 Å². The maximum absolute atomic E-state index is 8.58. The Morgan fingerprint density at radius 1 is 0.571 bits per heavy atom. The van der Waals surface area contributed by atoms with E-state index in [1.807, 2.05) is 0 Å². The minimum Gasteiger partial charge on any atom is 5.00 e. The van der Waals surface area contributed by atoms with Crippen molar-refractivity contribution in [3.05, 3.63) is 0 Å². The van der Waals surface area contributed by atoms with E-state index in [0.717, 1.165) is 0 Å². The predicted molar refractivity (Wildman–Crippen MR) is 2.06 cm³/mol. The van der Waals surface area contributed by atoms with Crippen LogP contribution in [0.15, 0.2) is 0 Å². The molecule has 72 valence electrons. The molecule has 0 saturated heterocycles. The summed E-state index contributed by atoms with van der Waals surface area (Å²) in [6.45, 7) is 0. The smallest absolute Gasteiger partial charge is 5.00 e. The molecule has 0 bridgehead atoms. The van der Waals surface area contributed by atoms with Crippen LogP contribution in [-0.2, 0) is 84.4 Å². The van der Waals surface area contributed by atoms with Gasteiger partial charge in [0.15, 0.2) is 0 Å². The van der Waals surface area contributed by atoms with Gasteiger partial charge in [-0.2, -0.15) is 0 Å². The Balaban J connectivity index is -0.0000000270. The van der Waals surface area contributed by atoms with E-state index in [4.69, 9.17) is 32.1 Å². The Morgan fingerprint density at radius 2 is 0.571 bits per heavy atom. The minimum absolute atomic E-state index is 0. The second-order valence-electron chi connectivity index (χ2n) is 0.750. The second-order valence-corrected chi connectivity index (χ2v) is 3.09. The molecule has 9 nitrogen and oxygen atoms in total. The molecule has 14 heteroatoms. The molecule has 0 heterocycles. The SMILES string of the molecule is [Li+].[O]=[Ti]([O-])[O-].[O]=[Ti]([O-])[O-].[O]=[Ti]([O-])[O-].[V+5]. The number of hydrogen-bond acceptors (Lipinski definition) is 9. The first-order chi connectivity index (χ1) is 5.20. The van der Waals surface area contributed by atoms with Crippen LogP contribution in [-0.4, -0.2) is 0 Å². The molecule has 0 aromatic carbocycles. The van der Waals surface area contributed by atoms with Crippen LogP contribution in [0.5, 0.6) is 0 Å². The van der Waals surface area contributed by atoms with Gasteiger partial charge in [0.05, 0.1) is 0 Å². The van der Waals surface area contributed by atoms with E-state index < -0.39 is 55.8 Å². The standard InChI is InChI=1S/Li.9O.3Ti.V/q+1;;;;6*-1;;;;+5. The summed E-state index contributed by atoms with van der Waals surface area (Å²) in [6, 6.07) is 0. The molecule has 0 radical (unpaired) electrons. The van der Waals surface area contributed by atoms with Gasteiger partial charge in [0.25, 0.3) is 0 Å². The third kappa shape index (κ3) is 427. The van der Waals surface area contributed by atoms with Gasteiger partial charge in [0, 0.05) is 0 Å². The summed E-state index contributed by atoms with van der Waals surface area (Å²) in [7, 11) is 0. The molecule has 0 amide bonds. The van der Waals surface area contributed by atoms with Crippen molar-refractivity contribution in [2.75, 3.05) is 0 Å². The minimum atomic E-state index is -4.08. The Labute approximate surface area is 124 Å². The topological polar surface area (TPSA) is 190 Å². The Bertz CT molecular complexity index is 118. The first kappa shape index (κ1) is 30.0. The molecule has 0 aromatic rings. The van der Waals surface area contributed by atoms with Crippen LogP contribution in [0, 0.1) is 0 Å².